The second-order valence-corrected chi connectivity index (χ2v) is 11.8. The third-order valence-corrected chi connectivity index (χ3v) is 7.53. The van der Waals surface area contributed by atoms with Crippen molar-refractivity contribution in [2.75, 3.05) is 0 Å². The number of aromatic carboxylic acids is 1. The van der Waals surface area contributed by atoms with Crippen LogP contribution < -0.4 is 10.6 Å². The van der Waals surface area contributed by atoms with Crippen LogP contribution in [0.5, 0.6) is 0 Å². The quantitative estimate of drug-likeness (QED) is 0.348. The van der Waals surface area contributed by atoms with E-state index in [-0.39, 0.29) is 42.5 Å². The van der Waals surface area contributed by atoms with E-state index in [1.54, 1.807) is 16.8 Å². The number of benzene rings is 2. The lowest BCUT2D eigenvalue weighted by Gasteiger charge is -2.30. The van der Waals surface area contributed by atoms with Crippen molar-refractivity contribution in [1.29, 1.82) is 0 Å². The molecule has 0 saturated heterocycles. The maximum absolute atomic E-state index is 13.7. The van der Waals surface area contributed by atoms with Crippen molar-refractivity contribution in [2.24, 2.45) is 11.3 Å². The fourth-order valence-electron chi connectivity index (χ4n) is 5.18. The fourth-order valence-corrected chi connectivity index (χ4v) is 5.18. The van der Waals surface area contributed by atoms with Crippen molar-refractivity contribution in [3.8, 4) is 0 Å². The average molecular weight is 555 g/mol. The number of fused-ring (bicyclic) bond motifs is 1. The number of nitrogens with zero attached hydrogens (tertiary/aromatic N) is 2. The topological polar surface area (TPSA) is 113 Å². The maximum Gasteiger partial charge on any atom is 0.335 e. The smallest absolute Gasteiger partial charge is 0.335 e. The first-order valence-electron chi connectivity index (χ1n) is 13.5. The number of aryl methyl sites for hydroxylation is 1. The lowest BCUT2D eigenvalue weighted by Crippen LogP contribution is -2.53. The van der Waals surface area contributed by atoms with E-state index < -0.39 is 29.3 Å². The molecule has 3 N–H and O–H groups in total. The van der Waals surface area contributed by atoms with Crippen LogP contribution in [-0.4, -0.2) is 44.6 Å². The molecule has 1 unspecified atom stereocenters. The van der Waals surface area contributed by atoms with Crippen LogP contribution in [0, 0.1) is 18.3 Å². The predicted octanol–water partition coefficient (Wildman–Crippen LogP) is 5.33. The molecule has 1 saturated carbocycles. The van der Waals surface area contributed by atoms with Gasteiger partial charge in [0.15, 0.2) is 5.69 Å². The normalized spacial score (nSPS) is 16.4. The molecule has 10 heteroatoms. The van der Waals surface area contributed by atoms with E-state index in [4.69, 9.17) is 5.11 Å². The highest BCUT2D eigenvalue weighted by molar-refractivity contribution is 6.06. The summed E-state index contributed by atoms with van der Waals surface area (Å²) in [5.41, 5.74) is 2.13. The number of alkyl halides is 2. The zero-order valence-corrected chi connectivity index (χ0v) is 23.3. The summed E-state index contributed by atoms with van der Waals surface area (Å²) in [5, 5.41) is 20.1. The molecule has 1 aliphatic carbocycles. The standard InChI is InChI=1S/C30H36F2N4O4/c1-18-6-5-7-22-23(35-36(24(18)22)17-20-12-14-30(31,32)15-13-20)26(37)34-25(29(2,3)4)27(38)33-16-19-8-10-21(11-9-19)28(39)40/h5-11,20,25H,12-17H2,1-4H3,(H,33,38)(H,34,37)(H,39,40). The van der Waals surface area contributed by atoms with Gasteiger partial charge >= 0.3 is 5.97 Å². The summed E-state index contributed by atoms with van der Waals surface area (Å²) >= 11 is 0. The average Bonchev–Trinajstić information content (AvgIpc) is 3.26. The summed E-state index contributed by atoms with van der Waals surface area (Å²) in [4.78, 5) is 37.9. The molecule has 0 bridgehead atoms. The Morgan fingerprint density at radius 3 is 2.35 bits per heavy atom. The van der Waals surface area contributed by atoms with Gasteiger partial charge < -0.3 is 15.7 Å². The number of halogens is 2. The van der Waals surface area contributed by atoms with Crippen molar-refractivity contribution < 1.29 is 28.3 Å². The molecule has 0 radical (unpaired) electrons. The fraction of sp³-hybridized carbons (Fsp3) is 0.467. The first kappa shape index (κ1) is 29.2. The van der Waals surface area contributed by atoms with E-state index in [0.717, 1.165) is 16.6 Å². The Hall–Kier alpha value is -3.82. The largest absolute Gasteiger partial charge is 0.478 e. The predicted molar refractivity (Wildman–Crippen MR) is 147 cm³/mol. The number of carbonyl (C=O) groups is 3. The van der Waals surface area contributed by atoms with Crippen LogP contribution in [0.4, 0.5) is 8.78 Å². The minimum Gasteiger partial charge on any atom is -0.478 e. The molecule has 0 aliphatic heterocycles. The van der Waals surface area contributed by atoms with Gasteiger partial charge in [-0.3, -0.25) is 14.3 Å². The lowest BCUT2D eigenvalue weighted by atomic mass is 9.86. The summed E-state index contributed by atoms with van der Waals surface area (Å²) in [7, 11) is 0. The van der Waals surface area contributed by atoms with Gasteiger partial charge in [0.1, 0.15) is 6.04 Å². The number of nitrogens with one attached hydrogen (secondary N) is 2. The summed E-state index contributed by atoms with van der Waals surface area (Å²) in [5.74, 6) is -4.49. The zero-order valence-electron chi connectivity index (χ0n) is 23.3. The summed E-state index contributed by atoms with van der Waals surface area (Å²) in [6.07, 6.45) is 0.505. The van der Waals surface area contributed by atoms with Crippen molar-refractivity contribution in [3.63, 3.8) is 0 Å². The van der Waals surface area contributed by atoms with E-state index in [2.05, 4.69) is 15.7 Å². The number of hydrogen-bond acceptors (Lipinski definition) is 4. The van der Waals surface area contributed by atoms with Gasteiger partial charge in [-0.1, -0.05) is 51.1 Å². The van der Waals surface area contributed by atoms with Gasteiger partial charge in [-0.2, -0.15) is 5.10 Å². The number of rotatable bonds is 8. The lowest BCUT2D eigenvalue weighted by molar-refractivity contribution is -0.125. The molecule has 1 atom stereocenters. The van der Waals surface area contributed by atoms with Crippen LogP contribution in [0.15, 0.2) is 42.5 Å². The Labute approximate surface area is 232 Å². The molecule has 40 heavy (non-hydrogen) atoms. The minimum atomic E-state index is -2.62. The number of aromatic nitrogens is 2. The first-order valence-corrected chi connectivity index (χ1v) is 13.5. The Morgan fingerprint density at radius 1 is 1.10 bits per heavy atom. The summed E-state index contributed by atoms with van der Waals surface area (Å²) in [6.45, 7) is 8.06. The Morgan fingerprint density at radius 2 is 1.75 bits per heavy atom. The van der Waals surface area contributed by atoms with Crippen LogP contribution >= 0.6 is 0 Å². The maximum atomic E-state index is 13.7. The van der Waals surface area contributed by atoms with Crippen molar-refractivity contribution in [1.82, 2.24) is 20.4 Å². The van der Waals surface area contributed by atoms with Crippen molar-refractivity contribution >= 4 is 28.7 Å². The van der Waals surface area contributed by atoms with Gasteiger partial charge in [0, 0.05) is 31.3 Å². The molecule has 214 valence electrons. The van der Waals surface area contributed by atoms with E-state index in [1.807, 2.05) is 45.9 Å². The number of para-hydroxylation sites is 1. The van der Waals surface area contributed by atoms with E-state index in [9.17, 15) is 23.2 Å². The minimum absolute atomic E-state index is 0.0379. The number of carboxylic acids is 1. The highest BCUT2D eigenvalue weighted by Crippen LogP contribution is 2.37. The highest BCUT2D eigenvalue weighted by Gasteiger charge is 2.36. The summed E-state index contributed by atoms with van der Waals surface area (Å²) in [6, 6.07) is 10.9. The molecule has 1 fully saturated rings. The van der Waals surface area contributed by atoms with Crippen LogP contribution in [0.2, 0.25) is 0 Å². The van der Waals surface area contributed by atoms with Crippen LogP contribution in [0.3, 0.4) is 0 Å². The van der Waals surface area contributed by atoms with E-state index in [0.29, 0.717) is 24.8 Å². The number of amides is 2. The van der Waals surface area contributed by atoms with Gasteiger partial charge in [-0.25, -0.2) is 13.6 Å². The van der Waals surface area contributed by atoms with Gasteiger partial charge in [0.2, 0.25) is 11.8 Å². The molecule has 2 amide bonds. The zero-order chi connectivity index (χ0) is 29.2. The third kappa shape index (κ3) is 6.66. The second-order valence-electron chi connectivity index (χ2n) is 11.8. The molecule has 2 aromatic carbocycles. The first-order chi connectivity index (χ1) is 18.7. The Kier molecular flexibility index (Phi) is 8.28. The van der Waals surface area contributed by atoms with Crippen LogP contribution in [0.1, 0.15) is 78.4 Å². The van der Waals surface area contributed by atoms with Crippen molar-refractivity contribution in [3.05, 3.63) is 64.8 Å². The van der Waals surface area contributed by atoms with Crippen LogP contribution in [0.25, 0.3) is 10.9 Å². The molecule has 0 spiro atoms. The van der Waals surface area contributed by atoms with E-state index >= 15 is 0 Å². The van der Waals surface area contributed by atoms with Crippen LogP contribution in [-0.2, 0) is 17.9 Å². The summed E-state index contributed by atoms with van der Waals surface area (Å²) < 4.78 is 29.1. The molecule has 4 rings (SSSR count). The molecule has 1 heterocycles. The van der Waals surface area contributed by atoms with Crippen molar-refractivity contribution in [2.45, 2.75) is 78.4 Å². The van der Waals surface area contributed by atoms with Gasteiger partial charge in [0.25, 0.3) is 5.91 Å². The number of carbonyl (C=O) groups excluding carboxylic acids is 2. The number of carboxylic acid groups (broad SMARTS) is 1. The SMILES string of the molecule is Cc1cccc2c(C(=O)NC(C(=O)NCc3ccc(C(=O)O)cc3)C(C)(C)C)nn(CC3CCC(F)(F)CC3)c12. The highest BCUT2D eigenvalue weighted by atomic mass is 19.3. The molecule has 1 aromatic heterocycles. The molecular formula is C30H36F2N4O4. The second kappa shape index (κ2) is 11.3. The number of hydrogen-bond donors (Lipinski definition) is 3. The monoisotopic (exact) mass is 554 g/mol. The molecule has 8 nitrogen and oxygen atoms in total. The van der Waals surface area contributed by atoms with Gasteiger partial charge in [0.05, 0.1) is 11.1 Å². The Bertz CT molecular complexity index is 1400. The Balaban J connectivity index is 1.52. The molecule has 1 aliphatic rings. The van der Waals surface area contributed by atoms with Gasteiger partial charge in [-0.15, -0.1) is 0 Å². The third-order valence-electron chi connectivity index (χ3n) is 7.53. The van der Waals surface area contributed by atoms with E-state index in [1.165, 1.54) is 12.1 Å². The molecule has 3 aromatic rings. The molecular weight excluding hydrogens is 518 g/mol. The van der Waals surface area contributed by atoms with Gasteiger partial charge in [-0.05, 0) is 54.4 Å².